The van der Waals surface area contributed by atoms with E-state index in [-0.39, 0.29) is 11.6 Å². The van der Waals surface area contributed by atoms with Gasteiger partial charge in [0.1, 0.15) is 0 Å². The normalized spacial score (nSPS) is 10.4. The maximum Gasteiger partial charge on any atom is 0.337 e. The van der Waals surface area contributed by atoms with Crippen molar-refractivity contribution < 1.29 is 4.74 Å². The van der Waals surface area contributed by atoms with Gasteiger partial charge in [-0.2, -0.15) is 4.98 Å². The Kier molecular flexibility index (Phi) is 1.33. The van der Waals surface area contributed by atoms with E-state index in [2.05, 4.69) is 15.1 Å². The number of nitrogens with one attached hydrogen (secondary N) is 1. The molecule has 0 aliphatic carbocycles. The molecule has 0 aliphatic heterocycles. The molecule has 0 aromatic carbocycles. The van der Waals surface area contributed by atoms with Crippen LogP contribution in [0.5, 0.6) is 6.01 Å². The van der Waals surface area contributed by atoms with Gasteiger partial charge in [0, 0.05) is 12.3 Å². The van der Waals surface area contributed by atoms with Crippen molar-refractivity contribution >= 4 is 5.78 Å². The van der Waals surface area contributed by atoms with E-state index in [1.54, 1.807) is 0 Å². The van der Waals surface area contributed by atoms with Crippen LogP contribution in [0.1, 0.15) is 0 Å². The highest BCUT2D eigenvalue weighted by atomic mass is 16.5. The summed E-state index contributed by atoms with van der Waals surface area (Å²) in [6, 6.07) is 1.60. The quantitative estimate of drug-likeness (QED) is 0.615. The van der Waals surface area contributed by atoms with Gasteiger partial charge < -0.3 is 4.74 Å². The molecule has 1 N–H and O–H groups in total. The highest BCUT2D eigenvalue weighted by molar-refractivity contribution is 5.26. The van der Waals surface area contributed by atoms with Crippen LogP contribution in [0.15, 0.2) is 17.1 Å². The first kappa shape index (κ1) is 6.84. The molecule has 0 saturated carbocycles. The van der Waals surface area contributed by atoms with E-state index in [4.69, 9.17) is 4.74 Å². The number of rotatable bonds is 1. The Bertz CT molecular complexity index is 458. The zero-order valence-electron chi connectivity index (χ0n) is 6.31. The van der Waals surface area contributed by atoms with Crippen molar-refractivity contribution in [2.45, 2.75) is 0 Å². The number of aromatic nitrogens is 4. The molecule has 0 aliphatic rings. The lowest BCUT2D eigenvalue weighted by molar-refractivity contribution is 0.380. The zero-order valence-corrected chi connectivity index (χ0v) is 6.31. The largest absolute Gasteiger partial charge is 0.466 e. The number of H-pyrrole nitrogens is 1. The zero-order chi connectivity index (χ0) is 8.55. The number of nitrogens with zero attached hydrogens (tertiary/aromatic N) is 3. The second-order valence-corrected chi connectivity index (χ2v) is 2.17. The molecular formula is C6H6N4O2. The molecule has 6 nitrogen and oxygen atoms in total. The molecule has 0 fully saturated rings. The van der Waals surface area contributed by atoms with Gasteiger partial charge in [0.15, 0.2) is 0 Å². The average Bonchev–Trinajstić information content (AvgIpc) is 2.46. The minimum atomic E-state index is -0.211. The third kappa shape index (κ3) is 0.931. The van der Waals surface area contributed by atoms with Crippen molar-refractivity contribution in [2.24, 2.45) is 0 Å². The monoisotopic (exact) mass is 166 g/mol. The Morgan fingerprint density at radius 1 is 1.67 bits per heavy atom. The number of hydrogen-bond acceptors (Lipinski definition) is 4. The van der Waals surface area contributed by atoms with Gasteiger partial charge in [-0.05, 0) is 0 Å². The number of fused-ring (bicyclic) bond motifs is 1. The highest BCUT2D eigenvalue weighted by Gasteiger charge is 2.01. The van der Waals surface area contributed by atoms with Crippen LogP contribution in [-0.2, 0) is 0 Å². The fourth-order valence-electron chi connectivity index (χ4n) is 0.869. The molecular weight excluding hydrogens is 160 g/mol. The summed E-state index contributed by atoms with van der Waals surface area (Å²) in [5.74, 6) is 0.374. The third-order valence-electron chi connectivity index (χ3n) is 1.40. The van der Waals surface area contributed by atoms with Crippen LogP contribution in [-0.4, -0.2) is 26.7 Å². The van der Waals surface area contributed by atoms with Crippen LogP contribution in [0.25, 0.3) is 5.78 Å². The summed E-state index contributed by atoms with van der Waals surface area (Å²) < 4.78 is 6.20. The van der Waals surface area contributed by atoms with E-state index < -0.39 is 0 Å². The summed E-state index contributed by atoms with van der Waals surface area (Å²) in [6.45, 7) is 0. The van der Waals surface area contributed by atoms with Crippen LogP contribution in [0, 0.1) is 0 Å². The first-order chi connectivity index (χ1) is 5.79. The smallest absolute Gasteiger partial charge is 0.337 e. The molecule has 62 valence electrons. The van der Waals surface area contributed by atoms with Crippen molar-refractivity contribution in [1.29, 1.82) is 0 Å². The Labute approximate surface area is 66.8 Å². The topological polar surface area (TPSA) is 72.3 Å². The van der Waals surface area contributed by atoms with Crippen LogP contribution < -0.4 is 10.3 Å². The lowest BCUT2D eigenvalue weighted by Gasteiger charge is -1.85. The van der Waals surface area contributed by atoms with Crippen LogP contribution in [0.4, 0.5) is 0 Å². The molecule has 0 bridgehead atoms. The summed E-state index contributed by atoms with van der Waals surface area (Å²) in [4.78, 5) is 17.2. The maximum absolute atomic E-state index is 10.8. The highest BCUT2D eigenvalue weighted by Crippen LogP contribution is 2.00. The Hall–Kier alpha value is -1.85. The van der Waals surface area contributed by atoms with Crippen molar-refractivity contribution in [3.63, 3.8) is 0 Å². The molecule has 12 heavy (non-hydrogen) atoms. The van der Waals surface area contributed by atoms with E-state index in [1.165, 1.54) is 23.9 Å². The average molecular weight is 166 g/mol. The molecule has 0 unspecified atom stereocenters. The number of hydrogen-bond donors (Lipinski definition) is 1. The van der Waals surface area contributed by atoms with E-state index >= 15 is 0 Å². The Morgan fingerprint density at radius 3 is 3.25 bits per heavy atom. The number of methoxy groups -OCH3 is 1. The fraction of sp³-hybridized carbons (Fsp3) is 0.167. The molecule has 2 rings (SSSR count). The molecule has 2 aromatic rings. The summed E-state index contributed by atoms with van der Waals surface area (Å²) >= 11 is 0. The van der Waals surface area contributed by atoms with Crippen LogP contribution in [0.3, 0.4) is 0 Å². The molecule has 0 amide bonds. The van der Waals surface area contributed by atoms with Crippen molar-refractivity contribution in [3.8, 4) is 6.01 Å². The second-order valence-electron chi connectivity index (χ2n) is 2.17. The van der Waals surface area contributed by atoms with Gasteiger partial charge >= 0.3 is 6.01 Å². The van der Waals surface area contributed by atoms with Crippen molar-refractivity contribution in [3.05, 3.63) is 22.6 Å². The molecule has 2 heterocycles. The number of ether oxygens (including phenoxy) is 1. The van der Waals surface area contributed by atoms with E-state index in [1.807, 2.05) is 0 Å². The Morgan fingerprint density at radius 2 is 2.50 bits per heavy atom. The molecule has 0 radical (unpaired) electrons. The predicted molar refractivity (Wildman–Crippen MR) is 40.2 cm³/mol. The summed E-state index contributed by atoms with van der Waals surface area (Å²) in [5, 5.41) is 3.89. The summed E-state index contributed by atoms with van der Waals surface area (Å²) in [6.07, 6.45) is 1.52. The first-order valence-electron chi connectivity index (χ1n) is 3.29. The van der Waals surface area contributed by atoms with Crippen molar-refractivity contribution in [1.82, 2.24) is 19.6 Å². The lowest BCUT2D eigenvalue weighted by Crippen LogP contribution is -2.05. The molecule has 0 spiro atoms. The van der Waals surface area contributed by atoms with Gasteiger partial charge in [0.05, 0.1) is 7.11 Å². The number of aromatic amines is 1. The first-order valence-corrected chi connectivity index (χ1v) is 3.29. The van der Waals surface area contributed by atoms with Gasteiger partial charge in [-0.3, -0.25) is 9.78 Å². The second kappa shape index (κ2) is 2.33. The SMILES string of the molecule is COc1nc2[nH]c(=O)ccn2n1. The third-order valence-corrected chi connectivity index (χ3v) is 1.40. The summed E-state index contributed by atoms with van der Waals surface area (Å²) in [5.41, 5.74) is -0.211. The van der Waals surface area contributed by atoms with Gasteiger partial charge in [0.25, 0.3) is 5.56 Å². The molecule has 0 saturated heterocycles. The van der Waals surface area contributed by atoms with E-state index in [0.29, 0.717) is 5.78 Å². The fourth-order valence-corrected chi connectivity index (χ4v) is 0.869. The van der Waals surface area contributed by atoms with Gasteiger partial charge in [-0.25, -0.2) is 4.52 Å². The maximum atomic E-state index is 10.8. The summed E-state index contributed by atoms with van der Waals surface area (Å²) in [7, 11) is 1.47. The molecule has 2 aromatic heterocycles. The Balaban J connectivity index is 2.75. The molecule has 0 atom stereocenters. The minimum absolute atomic E-state index is 0.211. The van der Waals surface area contributed by atoms with Crippen LogP contribution in [0.2, 0.25) is 0 Å². The van der Waals surface area contributed by atoms with Gasteiger partial charge in [0.2, 0.25) is 5.78 Å². The van der Waals surface area contributed by atoms with Gasteiger partial charge in [-0.1, -0.05) is 0 Å². The standard InChI is InChI=1S/C6H6N4O2/c1-12-6-8-5-7-4(11)2-3-10(5)9-6/h2-3H,1H3,(H,7,8,9,11). The van der Waals surface area contributed by atoms with Crippen LogP contribution >= 0.6 is 0 Å². The minimum Gasteiger partial charge on any atom is -0.466 e. The van der Waals surface area contributed by atoms with E-state index in [0.717, 1.165) is 0 Å². The van der Waals surface area contributed by atoms with E-state index in [9.17, 15) is 4.79 Å². The predicted octanol–water partition coefficient (Wildman–Crippen LogP) is -0.574. The van der Waals surface area contributed by atoms with Gasteiger partial charge in [-0.15, -0.1) is 5.10 Å². The van der Waals surface area contributed by atoms with Crippen molar-refractivity contribution in [2.75, 3.05) is 7.11 Å². The molecule has 6 heteroatoms. The lowest BCUT2D eigenvalue weighted by atomic mass is 10.7.